The molecular formula is C14H26O. The number of rotatable bonds is 4. The molecular weight excluding hydrogens is 184 g/mol. The summed E-state index contributed by atoms with van der Waals surface area (Å²) in [6, 6.07) is 0. The topological polar surface area (TPSA) is 9.23 Å². The Morgan fingerprint density at radius 2 is 2.00 bits per heavy atom. The van der Waals surface area contributed by atoms with Crippen LogP contribution in [-0.4, -0.2) is 12.2 Å². The number of hydrogen-bond acceptors (Lipinski definition) is 1. The van der Waals surface area contributed by atoms with Crippen molar-refractivity contribution in [2.45, 2.75) is 65.4 Å². The standard InChI is InChI=1S/C14H26O/c1-5-6-9-15-14-10-12(13(14,3)4)8-7-11(14)2/h11-12H,5-10H2,1-4H3. The predicted molar refractivity (Wildman–Crippen MR) is 63.9 cm³/mol. The van der Waals surface area contributed by atoms with E-state index in [1.165, 1.54) is 32.1 Å². The molecule has 0 aromatic carbocycles. The Morgan fingerprint density at radius 1 is 1.27 bits per heavy atom. The van der Waals surface area contributed by atoms with Crippen molar-refractivity contribution in [2.24, 2.45) is 17.3 Å². The van der Waals surface area contributed by atoms with Gasteiger partial charge in [-0.1, -0.05) is 34.1 Å². The number of hydrogen-bond donors (Lipinski definition) is 0. The maximum absolute atomic E-state index is 6.30. The summed E-state index contributed by atoms with van der Waals surface area (Å²) in [5.41, 5.74) is 0.656. The molecule has 0 spiro atoms. The first-order valence-electron chi connectivity index (χ1n) is 6.68. The zero-order valence-electron chi connectivity index (χ0n) is 10.8. The van der Waals surface area contributed by atoms with E-state index in [0.29, 0.717) is 5.41 Å². The molecule has 3 atom stereocenters. The van der Waals surface area contributed by atoms with E-state index in [1.807, 2.05) is 0 Å². The van der Waals surface area contributed by atoms with E-state index in [2.05, 4.69) is 27.7 Å². The molecule has 3 rings (SSSR count). The van der Waals surface area contributed by atoms with E-state index in [9.17, 15) is 0 Å². The zero-order valence-corrected chi connectivity index (χ0v) is 10.8. The van der Waals surface area contributed by atoms with Crippen LogP contribution in [0.15, 0.2) is 0 Å². The second-order valence-corrected chi connectivity index (χ2v) is 6.19. The molecule has 0 heterocycles. The molecule has 0 aromatic heterocycles. The highest BCUT2D eigenvalue weighted by atomic mass is 16.5. The molecule has 0 aliphatic heterocycles. The fourth-order valence-corrected chi connectivity index (χ4v) is 3.87. The second kappa shape index (κ2) is 3.76. The lowest BCUT2D eigenvalue weighted by molar-refractivity contribution is -0.278. The van der Waals surface area contributed by atoms with Gasteiger partial charge in [-0.05, 0) is 42.9 Å². The van der Waals surface area contributed by atoms with E-state index in [1.54, 1.807) is 0 Å². The summed E-state index contributed by atoms with van der Waals surface area (Å²) in [6.45, 7) is 10.4. The SMILES string of the molecule is CCCCOC12CC(CCC1C)C2(C)C. The molecule has 2 bridgehead atoms. The highest BCUT2D eigenvalue weighted by Gasteiger charge is 2.65. The van der Waals surface area contributed by atoms with Crippen molar-refractivity contribution >= 4 is 0 Å². The Balaban J connectivity index is 2.04. The molecule has 15 heavy (non-hydrogen) atoms. The van der Waals surface area contributed by atoms with Gasteiger partial charge in [0.25, 0.3) is 0 Å². The van der Waals surface area contributed by atoms with Gasteiger partial charge in [0, 0.05) is 6.61 Å². The first kappa shape index (κ1) is 11.4. The Kier molecular flexibility index (Phi) is 2.87. The third-order valence-electron chi connectivity index (χ3n) is 5.26. The minimum absolute atomic E-state index is 0.227. The molecule has 3 unspecified atom stereocenters. The van der Waals surface area contributed by atoms with E-state index < -0.39 is 0 Å². The molecule has 3 fully saturated rings. The van der Waals surface area contributed by atoms with Gasteiger partial charge >= 0.3 is 0 Å². The minimum atomic E-state index is 0.227. The van der Waals surface area contributed by atoms with Crippen LogP contribution in [0.3, 0.4) is 0 Å². The molecule has 0 saturated heterocycles. The van der Waals surface area contributed by atoms with Gasteiger partial charge in [-0.2, -0.15) is 0 Å². The van der Waals surface area contributed by atoms with E-state index in [4.69, 9.17) is 4.74 Å². The lowest BCUT2D eigenvalue weighted by Crippen LogP contribution is -2.68. The van der Waals surface area contributed by atoms with Gasteiger partial charge in [-0.3, -0.25) is 0 Å². The molecule has 0 N–H and O–H groups in total. The van der Waals surface area contributed by atoms with Crippen LogP contribution in [-0.2, 0) is 4.74 Å². The normalized spacial score (nSPS) is 42.4. The van der Waals surface area contributed by atoms with Gasteiger partial charge in [0.1, 0.15) is 0 Å². The molecule has 0 amide bonds. The molecule has 1 nitrogen and oxygen atoms in total. The Labute approximate surface area is 94.6 Å². The fraction of sp³-hybridized carbons (Fsp3) is 1.00. The average molecular weight is 210 g/mol. The van der Waals surface area contributed by atoms with Gasteiger partial charge in [0.15, 0.2) is 0 Å². The van der Waals surface area contributed by atoms with Crippen molar-refractivity contribution in [3.8, 4) is 0 Å². The van der Waals surface area contributed by atoms with Crippen LogP contribution in [0, 0.1) is 17.3 Å². The van der Waals surface area contributed by atoms with Crippen molar-refractivity contribution in [3.05, 3.63) is 0 Å². The van der Waals surface area contributed by atoms with Gasteiger partial charge in [0.05, 0.1) is 5.60 Å². The summed E-state index contributed by atoms with van der Waals surface area (Å²) >= 11 is 0. The number of fused-ring (bicyclic) bond motifs is 2. The fourth-order valence-electron chi connectivity index (χ4n) is 3.87. The zero-order chi connectivity index (χ0) is 11.1. The molecule has 88 valence electrons. The molecule has 0 aromatic rings. The maximum atomic E-state index is 6.30. The van der Waals surface area contributed by atoms with Crippen molar-refractivity contribution in [1.82, 2.24) is 0 Å². The quantitative estimate of drug-likeness (QED) is 0.637. The van der Waals surface area contributed by atoms with E-state index >= 15 is 0 Å². The molecule has 1 heteroatoms. The van der Waals surface area contributed by atoms with E-state index in [-0.39, 0.29) is 5.60 Å². The van der Waals surface area contributed by atoms with Gasteiger partial charge in [-0.15, -0.1) is 0 Å². The van der Waals surface area contributed by atoms with Crippen LogP contribution in [0.5, 0.6) is 0 Å². The first-order valence-corrected chi connectivity index (χ1v) is 6.68. The second-order valence-electron chi connectivity index (χ2n) is 6.19. The third kappa shape index (κ3) is 1.46. The smallest absolute Gasteiger partial charge is 0.0764 e. The summed E-state index contributed by atoms with van der Waals surface area (Å²) in [5, 5.41) is 0. The largest absolute Gasteiger partial charge is 0.374 e. The summed E-state index contributed by atoms with van der Waals surface area (Å²) in [4.78, 5) is 0. The lowest BCUT2D eigenvalue weighted by atomic mass is 9.42. The summed E-state index contributed by atoms with van der Waals surface area (Å²) < 4.78 is 6.30. The van der Waals surface area contributed by atoms with Gasteiger partial charge in [-0.25, -0.2) is 0 Å². The van der Waals surface area contributed by atoms with Crippen molar-refractivity contribution in [1.29, 1.82) is 0 Å². The van der Waals surface area contributed by atoms with Crippen LogP contribution >= 0.6 is 0 Å². The summed E-state index contributed by atoms with van der Waals surface area (Å²) in [7, 11) is 0. The molecule has 3 saturated carbocycles. The Hall–Kier alpha value is -0.0400. The highest BCUT2D eigenvalue weighted by molar-refractivity contribution is 5.15. The van der Waals surface area contributed by atoms with E-state index in [0.717, 1.165) is 18.4 Å². The van der Waals surface area contributed by atoms with Gasteiger partial charge in [0.2, 0.25) is 0 Å². The molecule has 0 radical (unpaired) electrons. The van der Waals surface area contributed by atoms with Crippen molar-refractivity contribution in [2.75, 3.05) is 6.61 Å². The van der Waals surface area contributed by atoms with Crippen LogP contribution in [0.25, 0.3) is 0 Å². The first-order chi connectivity index (χ1) is 7.04. The highest BCUT2D eigenvalue weighted by Crippen LogP contribution is 2.65. The van der Waals surface area contributed by atoms with Crippen molar-refractivity contribution in [3.63, 3.8) is 0 Å². The summed E-state index contributed by atoms with van der Waals surface area (Å²) in [5.74, 6) is 1.68. The van der Waals surface area contributed by atoms with Crippen LogP contribution in [0.1, 0.15) is 59.8 Å². The average Bonchev–Trinajstić information content (AvgIpc) is 2.20. The Morgan fingerprint density at radius 3 is 2.53 bits per heavy atom. The third-order valence-corrected chi connectivity index (χ3v) is 5.26. The van der Waals surface area contributed by atoms with Crippen LogP contribution < -0.4 is 0 Å². The van der Waals surface area contributed by atoms with Crippen molar-refractivity contribution < 1.29 is 4.74 Å². The number of ether oxygens (including phenoxy) is 1. The molecule has 3 aliphatic rings. The van der Waals surface area contributed by atoms with Gasteiger partial charge < -0.3 is 4.74 Å². The molecule has 3 aliphatic carbocycles. The van der Waals surface area contributed by atoms with Crippen LogP contribution in [0.4, 0.5) is 0 Å². The monoisotopic (exact) mass is 210 g/mol. The number of unbranched alkanes of at least 4 members (excludes halogenated alkanes) is 1. The predicted octanol–water partition coefficient (Wildman–Crippen LogP) is 4.02. The minimum Gasteiger partial charge on any atom is -0.374 e. The Bertz CT molecular complexity index is 233. The lowest BCUT2D eigenvalue weighted by Gasteiger charge is -2.67. The maximum Gasteiger partial charge on any atom is 0.0764 e. The van der Waals surface area contributed by atoms with Crippen LogP contribution in [0.2, 0.25) is 0 Å². The summed E-state index contributed by atoms with van der Waals surface area (Å²) in [6.07, 6.45) is 6.59.